The van der Waals surface area contributed by atoms with Gasteiger partial charge in [0, 0.05) is 11.6 Å². The van der Waals surface area contributed by atoms with E-state index in [4.69, 9.17) is 4.74 Å². The first-order valence-electron chi connectivity index (χ1n) is 7.43. The summed E-state index contributed by atoms with van der Waals surface area (Å²) in [5.41, 5.74) is 6.46. The van der Waals surface area contributed by atoms with Gasteiger partial charge in [0.2, 0.25) is 0 Å². The van der Waals surface area contributed by atoms with E-state index in [2.05, 4.69) is 62.5 Å². The van der Waals surface area contributed by atoms with Crippen molar-refractivity contribution in [3.05, 3.63) is 64.2 Å². The Morgan fingerprint density at radius 1 is 1.00 bits per heavy atom. The highest BCUT2D eigenvalue weighted by atomic mass is 16.5. The molecule has 0 aliphatic rings. The van der Waals surface area contributed by atoms with Crippen LogP contribution in [0.5, 0.6) is 5.75 Å². The molecule has 1 unspecified atom stereocenters. The molecule has 0 fully saturated rings. The highest BCUT2D eigenvalue weighted by Crippen LogP contribution is 2.28. The molecule has 1 N–H and O–H groups in total. The van der Waals surface area contributed by atoms with E-state index < -0.39 is 0 Å². The highest BCUT2D eigenvalue weighted by Gasteiger charge is 2.15. The van der Waals surface area contributed by atoms with Gasteiger partial charge >= 0.3 is 0 Å². The average Bonchev–Trinajstić information content (AvgIpc) is 2.48. The fourth-order valence-corrected chi connectivity index (χ4v) is 2.64. The number of nitrogens with one attached hydrogen (secondary N) is 1. The Morgan fingerprint density at radius 3 is 2.38 bits per heavy atom. The van der Waals surface area contributed by atoms with Crippen LogP contribution in [0, 0.1) is 20.8 Å². The average molecular weight is 283 g/mol. The third-order valence-electron chi connectivity index (χ3n) is 4.12. The first kappa shape index (κ1) is 15.6. The fraction of sp³-hybridized carbons (Fsp3) is 0.368. The normalized spacial score (nSPS) is 12.2. The Labute approximate surface area is 128 Å². The monoisotopic (exact) mass is 283 g/mol. The van der Waals surface area contributed by atoms with Crippen LogP contribution in [0.1, 0.15) is 33.9 Å². The second-order valence-corrected chi connectivity index (χ2v) is 5.71. The van der Waals surface area contributed by atoms with E-state index in [1.54, 1.807) is 7.11 Å². The third kappa shape index (κ3) is 3.64. The van der Waals surface area contributed by atoms with Gasteiger partial charge in [0.1, 0.15) is 5.75 Å². The van der Waals surface area contributed by atoms with Crippen LogP contribution in [0.4, 0.5) is 0 Å². The summed E-state index contributed by atoms with van der Waals surface area (Å²) in [7, 11) is 3.74. The Balaban J connectivity index is 2.29. The van der Waals surface area contributed by atoms with Gasteiger partial charge in [-0.05, 0) is 62.6 Å². The number of hydrogen-bond donors (Lipinski definition) is 1. The Bertz CT molecular complexity index is 619. The molecule has 2 aromatic rings. The number of aryl methyl sites for hydroxylation is 3. The van der Waals surface area contributed by atoms with Crippen molar-refractivity contribution in [2.45, 2.75) is 33.2 Å². The highest BCUT2D eigenvalue weighted by molar-refractivity contribution is 5.40. The van der Waals surface area contributed by atoms with Crippen molar-refractivity contribution in [2.75, 3.05) is 14.2 Å². The second-order valence-electron chi connectivity index (χ2n) is 5.71. The van der Waals surface area contributed by atoms with E-state index >= 15 is 0 Å². The maximum absolute atomic E-state index is 5.55. The minimum Gasteiger partial charge on any atom is -0.496 e. The van der Waals surface area contributed by atoms with E-state index in [0.717, 1.165) is 12.2 Å². The summed E-state index contributed by atoms with van der Waals surface area (Å²) in [6.45, 7) is 6.40. The standard InChI is InChI=1S/C19H25NO/c1-13-6-9-17(19(10-13)21-5)18(20-4)12-16-8-7-14(2)15(3)11-16/h6-11,18,20H,12H2,1-5H3. The quantitative estimate of drug-likeness (QED) is 0.891. The van der Waals surface area contributed by atoms with Gasteiger partial charge in [-0.3, -0.25) is 0 Å². The molecule has 0 saturated carbocycles. The number of ether oxygens (including phenoxy) is 1. The molecule has 0 bridgehead atoms. The van der Waals surface area contributed by atoms with Crippen molar-refractivity contribution < 1.29 is 4.74 Å². The molecule has 0 spiro atoms. The summed E-state index contributed by atoms with van der Waals surface area (Å²) in [5, 5.41) is 3.42. The number of rotatable bonds is 5. The van der Waals surface area contributed by atoms with Crippen LogP contribution in [0.2, 0.25) is 0 Å². The number of benzene rings is 2. The summed E-state index contributed by atoms with van der Waals surface area (Å²) in [5.74, 6) is 0.957. The SMILES string of the molecule is CNC(Cc1ccc(C)c(C)c1)c1ccc(C)cc1OC. The van der Waals surface area contributed by atoms with Gasteiger partial charge in [0.05, 0.1) is 7.11 Å². The van der Waals surface area contributed by atoms with Crippen LogP contribution in [-0.2, 0) is 6.42 Å². The van der Waals surface area contributed by atoms with E-state index in [1.807, 2.05) is 7.05 Å². The molecule has 2 nitrogen and oxygen atoms in total. The summed E-state index contributed by atoms with van der Waals surface area (Å²) >= 11 is 0. The molecule has 0 radical (unpaired) electrons. The predicted octanol–water partition coefficient (Wildman–Crippen LogP) is 4.12. The molecule has 0 aliphatic heterocycles. The molecule has 0 amide bonds. The number of likely N-dealkylation sites (N-methyl/N-ethyl adjacent to an activating group) is 1. The van der Waals surface area contributed by atoms with E-state index in [0.29, 0.717) is 0 Å². The van der Waals surface area contributed by atoms with Crippen molar-refractivity contribution in [3.63, 3.8) is 0 Å². The van der Waals surface area contributed by atoms with E-state index in [1.165, 1.54) is 27.8 Å². The van der Waals surface area contributed by atoms with Gasteiger partial charge in [-0.15, -0.1) is 0 Å². The summed E-state index contributed by atoms with van der Waals surface area (Å²) in [6, 6.07) is 13.3. The lowest BCUT2D eigenvalue weighted by atomic mass is 9.95. The first-order chi connectivity index (χ1) is 10.0. The molecule has 0 heterocycles. The van der Waals surface area contributed by atoms with Crippen molar-refractivity contribution in [2.24, 2.45) is 0 Å². The van der Waals surface area contributed by atoms with Crippen molar-refractivity contribution in [3.8, 4) is 5.75 Å². The van der Waals surface area contributed by atoms with Crippen molar-refractivity contribution in [1.29, 1.82) is 0 Å². The van der Waals surface area contributed by atoms with Gasteiger partial charge < -0.3 is 10.1 Å². The van der Waals surface area contributed by atoms with Crippen LogP contribution in [0.3, 0.4) is 0 Å². The van der Waals surface area contributed by atoms with Crippen LogP contribution < -0.4 is 10.1 Å². The van der Waals surface area contributed by atoms with Gasteiger partial charge in [0.15, 0.2) is 0 Å². The predicted molar refractivity (Wildman–Crippen MR) is 89.2 cm³/mol. The van der Waals surface area contributed by atoms with Gasteiger partial charge in [0.25, 0.3) is 0 Å². The van der Waals surface area contributed by atoms with Crippen molar-refractivity contribution in [1.82, 2.24) is 5.32 Å². The largest absolute Gasteiger partial charge is 0.496 e. The maximum Gasteiger partial charge on any atom is 0.123 e. The molecule has 1 atom stereocenters. The third-order valence-corrected chi connectivity index (χ3v) is 4.12. The zero-order valence-corrected chi connectivity index (χ0v) is 13.7. The number of hydrogen-bond acceptors (Lipinski definition) is 2. The lowest BCUT2D eigenvalue weighted by Crippen LogP contribution is -2.19. The molecule has 0 aliphatic carbocycles. The van der Waals surface area contributed by atoms with Gasteiger partial charge in [-0.2, -0.15) is 0 Å². The van der Waals surface area contributed by atoms with Crippen LogP contribution in [0.15, 0.2) is 36.4 Å². The Hall–Kier alpha value is -1.80. The summed E-state index contributed by atoms with van der Waals surface area (Å²) in [4.78, 5) is 0. The van der Waals surface area contributed by atoms with Gasteiger partial charge in [-0.1, -0.05) is 30.3 Å². The lowest BCUT2D eigenvalue weighted by Gasteiger charge is -2.20. The second kappa shape index (κ2) is 6.77. The molecule has 2 aromatic carbocycles. The van der Waals surface area contributed by atoms with Crippen LogP contribution in [-0.4, -0.2) is 14.2 Å². The smallest absolute Gasteiger partial charge is 0.123 e. The van der Waals surface area contributed by atoms with E-state index in [-0.39, 0.29) is 6.04 Å². The molecule has 2 rings (SSSR count). The first-order valence-corrected chi connectivity index (χ1v) is 7.43. The van der Waals surface area contributed by atoms with E-state index in [9.17, 15) is 0 Å². The van der Waals surface area contributed by atoms with Crippen LogP contribution in [0.25, 0.3) is 0 Å². The molecule has 21 heavy (non-hydrogen) atoms. The zero-order chi connectivity index (χ0) is 15.4. The Morgan fingerprint density at radius 2 is 1.76 bits per heavy atom. The fourth-order valence-electron chi connectivity index (χ4n) is 2.64. The summed E-state index contributed by atoms with van der Waals surface area (Å²) in [6.07, 6.45) is 0.955. The zero-order valence-electron chi connectivity index (χ0n) is 13.7. The lowest BCUT2D eigenvalue weighted by molar-refractivity contribution is 0.401. The molecule has 2 heteroatoms. The maximum atomic E-state index is 5.55. The molecule has 0 saturated heterocycles. The van der Waals surface area contributed by atoms with Crippen LogP contribution >= 0.6 is 0 Å². The molecular weight excluding hydrogens is 258 g/mol. The number of methoxy groups -OCH3 is 1. The minimum atomic E-state index is 0.252. The molecule has 112 valence electrons. The molecular formula is C19H25NO. The minimum absolute atomic E-state index is 0.252. The summed E-state index contributed by atoms with van der Waals surface area (Å²) < 4.78 is 5.55. The Kier molecular flexibility index (Phi) is 5.03. The van der Waals surface area contributed by atoms with Gasteiger partial charge in [-0.25, -0.2) is 0 Å². The molecule has 0 aromatic heterocycles. The van der Waals surface area contributed by atoms with Crippen molar-refractivity contribution >= 4 is 0 Å². The topological polar surface area (TPSA) is 21.3 Å².